The Morgan fingerprint density at radius 3 is 2.70 bits per heavy atom. The van der Waals surface area contributed by atoms with Crippen LogP contribution >= 0.6 is 0 Å². The van der Waals surface area contributed by atoms with Crippen molar-refractivity contribution in [2.45, 2.75) is 6.42 Å². The van der Waals surface area contributed by atoms with Gasteiger partial charge in [-0.25, -0.2) is 0 Å². The second-order valence-electron chi connectivity index (χ2n) is 6.63. The molecule has 2 heterocycles. The highest BCUT2D eigenvalue weighted by molar-refractivity contribution is 5.96. The topological polar surface area (TPSA) is 89.0 Å². The largest absolute Gasteiger partial charge is 0.496 e. The quantitative estimate of drug-likeness (QED) is 0.839. The number of pyridine rings is 1. The van der Waals surface area contributed by atoms with E-state index in [0.29, 0.717) is 35.5 Å². The van der Waals surface area contributed by atoms with E-state index in [0.717, 1.165) is 0 Å². The van der Waals surface area contributed by atoms with Crippen LogP contribution in [0.1, 0.15) is 16.8 Å². The number of aromatic nitrogens is 1. The lowest BCUT2D eigenvalue weighted by atomic mass is 9.88. The number of benzene rings is 1. The number of carboxylic acids is 1. The first-order chi connectivity index (χ1) is 13.0. The van der Waals surface area contributed by atoms with Gasteiger partial charge in [0.25, 0.3) is 5.91 Å². The molecule has 0 aliphatic carbocycles. The summed E-state index contributed by atoms with van der Waals surface area (Å²) < 4.78 is 10.5. The van der Waals surface area contributed by atoms with Crippen LogP contribution in [-0.2, 0) is 9.53 Å². The fourth-order valence-corrected chi connectivity index (χ4v) is 3.42. The Kier molecular flexibility index (Phi) is 5.41. The number of hydrogen-bond donors (Lipinski definition) is 1. The van der Waals surface area contributed by atoms with Crippen molar-refractivity contribution in [3.8, 4) is 17.0 Å². The molecule has 0 radical (unpaired) electrons. The smallest absolute Gasteiger partial charge is 0.313 e. The highest BCUT2D eigenvalue weighted by Gasteiger charge is 2.46. The molecule has 0 saturated carbocycles. The normalized spacial score (nSPS) is 19.1. The summed E-state index contributed by atoms with van der Waals surface area (Å²) in [5.74, 6) is -0.538. The predicted molar refractivity (Wildman–Crippen MR) is 98.7 cm³/mol. The minimum absolute atomic E-state index is 0.0773. The number of ether oxygens (including phenoxy) is 2. The van der Waals surface area contributed by atoms with Crippen LogP contribution in [0.15, 0.2) is 42.6 Å². The fourth-order valence-electron chi connectivity index (χ4n) is 3.42. The van der Waals surface area contributed by atoms with Crippen LogP contribution in [-0.4, -0.2) is 60.8 Å². The Hall–Kier alpha value is -2.93. The molecule has 1 aromatic heterocycles. The molecule has 1 fully saturated rings. The number of carbonyl (C=O) groups is 2. The maximum atomic E-state index is 13.0. The van der Waals surface area contributed by atoms with Crippen LogP contribution in [0.2, 0.25) is 0 Å². The van der Waals surface area contributed by atoms with Gasteiger partial charge in [0.15, 0.2) is 0 Å². The third-order valence-corrected chi connectivity index (χ3v) is 4.90. The molecule has 1 aliphatic heterocycles. The zero-order valence-corrected chi connectivity index (χ0v) is 15.3. The van der Waals surface area contributed by atoms with Crippen LogP contribution in [0.3, 0.4) is 0 Å². The molecule has 0 bridgehead atoms. The maximum Gasteiger partial charge on any atom is 0.313 e. The highest BCUT2D eigenvalue weighted by atomic mass is 16.5. The molecule has 7 nitrogen and oxygen atoms in total. The highest BCUT2D eigenvalue weighted by Crippen LogP contribution is 2.34. The monoisotopic (exact) mass is 370 g/mol. The van der Waals surface area contributed by atoms with Gasteiger partial charge in [0, 0.05) is 37.5 Å². The molecule has 1 atom stereocenters. The van der Waals surface area contributed by atoms with E-state index in [1.807, 2.05) is 18.2 Å². The van der Waals surface area contributed by atoms with Gasteiger partial charge in [0.2, 0.25) is 0 Å². The number of carboxylic acid groups (broad SMARTS) is 1. The molecule has 1 saturated heterocycles. The van der Waals surface area contributed by atoms with Crippen LogP contribution in [0, 0.1) is 5.41 Å². The van der Waals surface area contributed by atoms with E-state index in [2.05, 4.69) is 4.98 Å². The number of rotatable bonds is 6. The van der Waals surface area contributed by atoms with Crippen molar-refractivity contribution < 1.29 is 24.2 Å². The van der Waals surface area contributed by atoms with Gasteiger partial charge in [0.05, 0.1) is 19.4 Å². The van der Waals surface area contributed by atoms with Gasteiger partial charge in [-0.05, 0) is 36.8 Å². The Morgan fingerprint density at radius 1 is 1.26 bits per heavy atom. The first-order valence-corrected chi connectivity index (χ1v) is 8.62. The number of nitrogens with zero attached hydrogens (tertiary/aromatic N) is 2. The van der Waals surface area contributed by atoms with Gasteiger partial charge in [0.1, 0.15) is 11.2 Å². The van der Waals surface area contributed by atoms with Crippen LogP contribution < -0.4 is 4.74 Å². The Labute approximate surface area is 157 Å². The van der Waals surface area contributed by atoms with Crippen molar-refractivity contribution in [1.82, 2.24) is 9.88 Å². The number of likely N-dealkylation sites (tertiary alicyclic amines) is 1. The molecule has 1 aromatic carbocycles. The van der Waals surface area contributed by atoms with Gasteiger partial charge in [-0.2, -0.15) is 0 Å². The molecular weight excluding hydrogens is 348 g/mol. The molecule has 0 spiro atoms. The van der Waals surface area contributed by atoms with Crippen molar-refractivity contribution in [2.75, 3.05) is 33.9 Å². The van der Waals surface area contributed by atoms with Gasteiger partial charge in [-0.15, -0.1) is 0 Å². The summed E-state index contributed by atoms with van der Waals surface area (Å²) in [7, 11) is 3.04. The summed E-state index contributed by atoms with van der Waals surface area (Å²) in [5.41, 5.74) is 0.824. The first-order valence-electron chi connectivity index (χ1n) is 8.62. The second kappa shape index (κ2) is 7.75. The molecule has 1 amide bonds. The van der Waals surface area contributed by atoms with Crippen molar-refractivity contribution in [3.05, 3.63) is 48.2 Å². The van der Waals surface area contributed by atoms with Crippen molar-refractivity contribution in [2.24, 2.45) is 5.41 Å². The molecule has 1 N–H and O–H groups in total. The average Bonchev–Trinajstić information content (AvgIpc) is 3.13. The van der Waals surface area contributed by atoms with Gasteiger partial charge < -0.3 is 19.5 Å². The van der Waals surface area contributed by atoms with Crippen LogP contribution in [0.25, 0.3) is 11.3 Å². The molecular formula is C20H22N2O5. The molecule has 1 unspecified atom stereocenters. The Morgan fingerprint density at radius 2 is 2.07 bits per heavy atom. The summed E-state index contributed by atoms with van der Waals surface area (Å²) >= 11 is 0. The van der Waals surface area contributed by atoms with Gasteiger partial charge in [-0.3, -0.25) is 14.6 Å². The summed E-state index contributed by atoms with van der Waals surface area (Å²) in [6.45, 7) is 0.577. The molecule has 3 rings (SSSR count). The maximum absolute atomic E-state index is 13.0. The van der Waals surface area contributed by atoms with E-state index >= 15 is 0 Å². The van der Waals surface area contributed by atoms with Crippen molar-refractivity contribution in [3.63, 3.8) is 0 Å². The first kappa shape index (κ1) is 18.8. The third-order valence-electron chi connectivity index (χ3n) is 4.90. The van der Waals surface area contributed by atoms with Crippen molar-refractivity contribution in [1.29, 1.82) is 0 Å². The van der Waals surface area contributed by atoms with Gasteiger partial charge in [-0.1, -0.05) is 6.07 Å². The average molecular weight is 370 g/mol. The summed E-state index contributed by atoms with van der Waals surface area (Å²) in [5, 5.41) is 9.58. The summed E-state index contributed by atoms with van der Waals surface area (Å²) in [6.07, 6.45) is 2.04. The Balaban J connectivity index is 1.89. The molecule has 7 heteroatoms. The Bertz CT molecular complexity index is 840. The van der Waals surface area contributed by atoms with E-state index in [1.54, 1.807) is 36.4 Å². The number of methoxy groups -OCH3 is 2. The van der Waals surface area contributed by atoms with E-state index in [9.17, 15) is 14.7 Å². The lowest BCUT2D eigenvalue weighted by Gasteiger charge is -2.24. The van der Waals surface area contributed by atoms with Crippen molar-refractivity contribution >= 4 is 11.9 Å². The zero-order valence-electron chi connectivity index (χ0n) is 15.3. The minimum Gasteiger partial charge on any atom is -0.496 e. The molecule has 1 aliphatic rings. The lowest BCUT2D eigenvalue weighted by Crippen LogP contribution is -2.40. The number of carbonyl (C=O) groups excluding carboxylic acids is 1. The second-order valence-corrected chi connectivity index (χ2v) is 6.63. The summed E-state index contributed by atoms with van der Waals surface area (Å²) in [6, 6.07) is 10.7. The van der Waals surface area contributed by atoms with E-state index in [-0.39, 0.29) is 19.1 Å². The van der Waals surface area contributed by atoms with Crippen LogP contribution in [0.5, 0.6) is 5.75 Å². The summed E-state index contributed by atoms with van der Waals surface area (Å²) in [4.78, 5) is 30.6. The molecule has 2 aromatic rings. The zero-order chi connectivity index (χ0) is 19.4. The number of hydrogen-bond acceptors (Lipinski definition) is 5. The van der Waals surface area contributed by atoms with E-state index in [4.69, 9.17) is 9.47 Å². The van der Waals surface area contributed by atoms with E-state index < -0.39 is 11.4 Å². The van der Waals surface area contributed by atoms with Gasteiger partial charge >= 0.3 is 5.97 Å². The minimum atomic E-state index is -1.05. The standard InChI is InChI=1S/C20H22N2O5/c1-26-13-20(19(24)25)8-10-22(12-20)18(23)14-6-7-17(27-2)15(11-14)16-5-3-4-9-21-16/h3-7,9,11H,8,10,12-13H2,1-2H3,(H,24,25). The lowest BCUT2D eigenvalue weighted by molar-refractivity contribution is -0.151. The SMILES string of the molecule is COCC1(C(=O)O)CCN(C(=O)c2ccc(OC)c(-c3ccccn3)c2)C1. The number of amides is 1. The number of aliphatic carboxylic acids is 1. The predicted octanol–water partition coefficient (Wildman–Crippen LogP) is 2.32. The fraction of sp³-hybridized carbons (Fsp3) is 0.350. The van der Waals surface area contributed by atoms with E-state index in [1.165, 1.54) is 7.11 Å². The molecule has 27 heavy (non-hydrogen) atoms. The molecule has 142 valence electrons. The van der Waals surface area contributed by atoms with Crippen LogP contribution in [0.4, 0.5) is 0 Å². The third kappa shape index (κ3) is 3.64.